The number of aryl methyl sites for hydroxylation is 1. The van der Waals surface area contributed by atoms with Gasteiger partial charge in [0.1, 0.15) is 17.6 Å². The van der Waals surface area contributed by atoms with Gasteiger partial charge in [0.25, 0.3) is 0 Å². The van der Waals surface area contributed by atoms with E-state index in [0.29, 0.717) is 38.5 Å². The van der Waals surface area contributed by atoms with Crippen LogP contribution < -0.4 is 0 Å². The number of imidazole rings is 1. The van der Waals surface area contributed by atoms with Crippen LogP contribution in [0.2, 0.25) is 10.0 Å². The van der Waals surface area contributed by atoms with E-state index in [-0.39, 0.29) is 0 Å². The number of aromatic nitrogens is 2. The number of benzene rings is 2. The highest BCUT2D eigenvalue weighted by atomic mass is 35.5. The summed E-state index contributed by atoms with van der Waals surface area (Å²) in [5, 5.41) is 10.5. The minimum Gasteiger partial charge on any atom is -0.457 e. The highest BCUT2D eigenvalue weighted by molar-refractivity contribution is 6.43. The molecule has 2 heterocycles. The Morgan fingerprint density at radius 3 is 2.70 bits per heavy atom. The van der Waals surface area contributed by atoms with E-state index in [1.807, 2.05) is 48.0 Å². The van der Waals surface area contributed by atoms with Crippen LogP contribution >= 0.6 is 23.2 Å². The second kappa shape index (κ2) is 6.96. The van der Waals surface area contributed by atoms with E-state index in [1.54, 1.807) is 24.3 Å². The molecule has 0 unspecified atom stereocenters. The van der Waals surface area contributed by atoms with E-state index >= 15 is 0 Å². The second-order valence-corrected chi connectivity index (χ2v) is 6.74. The number of rotatable bonds is 3. The maximum atomic E-state index is 9.64. The average molecular weight is 394 g/mol. The summed E-state index contributed by atoms with van der Waals surface area (Å²) in [5.41, 5.74) is 2.90. The third-order valence-corrected chi connectivity index (χ3v) is 5.10. The summed E-state index contributed by atoms with van der Waals surface area (Å²) >= 11 is 12.3. The van der Waals surface area contributed by atoms with Crippen molar-refractivity contribution >= 4 is 45.9 Å². The molecule has 0 saturated heterocycles. The molecule has 4 aromatic rings. The molecule has 2 aromatic carbocycles. The van der Waals surface area contributed by atoms with Crippen molar-refractivity contribution in [3.8, 4) is 17.4 Å². The van der Waals surface area contributed by atoms with Crippen LogP contribution in [0.4, 0.5) is 0 Å². The monoisotopic (exact) mass is 393 g/mol. The van der Waals surface area contributed by atoms with Crippen LogP contribution in [0.5, 0.6) is 0 Å². The van der Waals surface area contributed by atoms with E-state index in [1.165, 1.54) is 0 Å². The van der Waals surface area contributed by atoms with Gasteiger partial charge in [-0.1, -0.05) is 41.4 Å². The molecule has 4 rings (SSSR count). The average Bonchev–Trinajstić information content (AvgIpc) is 3.27. The molecular weight excluding hydrogens is 381 g/mol. The standard InChI is InChI=1S/C21H13Cl2N3O/c1-26-18-8-3-2-7-17(18)25-21(26)13(12-24)11-14-9-10-19(27-14)15-5-4-6-16(22)20(15)23/h2-11H,1H3/b13-11+. The molecule has 0 atom stereocenters. The maximum Gasteiger partial charge on any atom is 0.151 e. The van der Waals surface area contributed by atoms with Gasteiger partial charge < -0.3 is 8.98 Å². The third-order valence-electron chi connectivity index (χ3n) is 4.28. The molecule has 0 fully saturated rings. The minimum absolute atomic E-state index is 0.409. The van der Waals surface area contributed by atoms with Crippen LogP contribution in [-0.2, 0) is 7.05 Å². The van der Waals surface area contributed by atoms with Gasteiger partial charge >= 0.3 is 0 Å². The number of nitriles is 1. The Bertz CT molecular complexity index is 1230. The molecule has 4 nitrogen and oxygen atoms in total. The zero-order chi connectivity index (χ0) is 19.0. The topological polar surface area (TPSA) is 54.8 Å². The van der Waals surface area contributed by atoms with E-state index in [9.17, 15) is 5.26 Å². The molecule has 0 aliphatic rings. The predicted octanol–water partition coefficient (Wildman–Crippen LogP) is 6.20. The first-order valence-corrected chi connectivity index (χ1v) is 8.92. The Balaban J connectivity index is 1.76. The Kier molecular flexibility index (Phi) is 4.49. The zero-order valence-corrected chi connectivity index (χ0v) is 15.8. The van der Waals surface area contributed by atoms with E-state index < -0.39 is 0 Å². The Morgan fingerprint density at radius 1 is 1.11 bits per heavy atom. The third kappa shape index (κ3) is 3.12. The molecule has 0 aliphatic heterocycles. The number of para-hydroxylation sites is 2. The van der Waals surface area contributed by atoms with Crippen molar-refractivity contribution in [2.24, 2.45) is 7.05 Å². The normalized spacial score (nSPS) is 11.7. The van der Waals surface area contributed by atoms with Crippen LogP contribution in [0.25, 0.3) is 34.0 Å². The number of nitrogens with zero attached hydrogens (tertiary/aromatic N) is 3. The molecule has 27 heavy (non-hydrogen) atoms. The molecule has 6 heteroatoms. The first-order valence-electron chi connectivity index (χ1n) is 8.16. The highest BCUT2D eigenvalue weighted by Crippen LogP contribution is 2.35. The smallest absolute Gasteiger partial charge is 0.151 e. The van der Waals surface area contributed by atoms with Gasteiger partial charge in [0.05, 0.1) is 26.7 Å². The number of allylic oxidation sites excluding steroid dienone is 1. The fourth-order valence-corrected chi connectivity index (χ4v) is 3.34. The molecule has 0 saturated carbocycles. The van der Waals surface area contributed by atoms with Gasteiger partial charge in [-0.05, 0) is 36.4 Å². The van der Waals surface area contributed by atoms with Gasteiger partial charge in [0.15, 0.2) is 5.82 Å². The molecule has 0 spiro atoms. The molecule has 2 aromatic heterocycles. The number of furan rings is 1. The van der Waals surface area contributed by atoms with E-state index in [0.717, 1.165) is 11.0 Å². The van der Waals surface area contributed by atoms with Crippen molar-refractivity contribution in [2.75, 3.05) is 0 Å². The van der Waals surface area contributed by atoms with Gasteiger partial charge in [0.2, 0.25) is 0 Å². The second-order valence-electron chi connectivity index (χ2n) is 5.96. The van der Waals surface area contributed by atoms with Crippen molar-refractivity contribution in [2.45, 2.75) is 0 Å². The summed E-state index contributed by atoms with van der Waals surface area (Å²) < 4.78 is 7.76. The lowest BCUT2D eigenvalue weighted by atomic mass is 10.2. The summed E-state index contributed by atoms with van der Waals surface area (Å²) in [7, 11) is 1.88. The molecule has 0 radical (unpaired) electrons. The lowest BCUT2D eigenvalue weighted by Gasteiger charge is -2.02. The van der Waals surface area contributed by atoms with Gasteiger partial charge in [-0.3, -0.25) is 0 Å². The quantitative estimate of drug-likeness (QED) is 0.389. The van der Waals surface area contributed by atoms with Crippen LogP contribution in [0, 0.1) is 11.3 Å². The van der Waals surface area contributed by atoms with Crippen molar-refractivity contribution in [1.29, 1.82) is 5.26 Å². The fraction of sp³-hybridized carbons (Fsp3) is 0.0476. The molecule has 0 aliphatic carbocycles. The first-order chi connectivity index (χ1) is 13.1. The summed E-state index contributed by atoms with van der Waals surface area (Å²) in [4.78, 5) is 4.56. The number of hydrogen-bond donors (Lipinski definition) is 0. The van der Waals surface area contributed by atoms with E-state index in [4.69, 9.17) is 27.6 Å². The summed E-state index contributed by atoms with van der Waals surface area (Å²) in [5.74, 6) is 1.69. The van der Waals surface area contributed by atoms with Gasteiger partial charge in [0, 0.05) is 18.7 Å². The van der Waals surface area contributed by atoms with Crippen molar-refractivity contribution < 1.29 is 4.42 Å². The number of fused-ring (bicyclic) bond motifs is 1. The summed E-state index contributed by atoms with van der Waals surface area (Å²) in [6, 6.07) is 18.9. The first kappa shape index (κ1) is 17.4. The van der Waals surface area contributed by atoms with Crippen molar-refractivity contribution in [1.82, 2.24) is 9.55 Å². The Morgan fingerprint density at radius 2 is 1.93 bits per heavy atom. The Hall–Kier alpha value is -3.00. The van der Waals surface area contributed by atoms with Gasteiger partial charge in [-0.2, -0.15) is 5.26 Å². The summed E-state index contributed by atoms with van der Waals surface area (Å²) in [6.45, 7) is 0. The lowest BCUT2D eigenvalue weighted by Crippen LogP contribution is -1.95. The molecule has 0 bridgehead atoms. The largest absolute Gasteiger partial charge is 0.457 e. The highest BCUT2D eigenvalue weighted by Gasteiger charge is 2.14. The molecule has 0 amide bonds. The van der Waals surface area contributed by atoms with Crippen LogP contribution in [0.3, 0.4) is 0 Å². The SMILES string of the molecule is Cn1c(/C(C#N)=C/c2ccc(-c3cccc(Cl)c3Cl)o2)nc2ccccc21. The zero-order valence-electron chi connectivity index (χ0n) is 14.3. The maximum absolute atomic E-state index is 9.64. The fourth-order valence-electron chi connectivity index (χ4n) is 2.94. The minimum atomic E-state index is 0.409. The predicted molar refractivity (Wildman–Crippen MR) is 108 cm³/mol. The van der Waals surface area contributed by atoms with Gasteiger partial charge in [-0.25, -0.2) is 4.98 Å². The number of halogens is 2. The van der Waals surface area contributed by atoms with Crippen molar-refractivity contribution in [3.05, 3.63) is 76.2 Å². The molecule has 0 N–H and O–H groups in total. The van der Waals surface area contributed by atoms with Gasteiger partial charge in [-0.15, -0.1) is 0 Å². The van der Waals surface area contributed by atoms with Crippen LogP contribution in [0.1, 0.15) is 11.6 Å². The molecule has 132 valence electrons. The summed E-state index contributed by atoms with van der Waals surface area (Å²) in [6.07, 6.45) is 1.67. The van der Waals surface area contributed by atoms with E-state index in [2.05, 4.69) is 11.1 Å². The lowest BCUT2D eigenvalue weighted by molar-refractivity contribution is 0.572. The Labute approximate surface area is 165 Å². The van der Waals surface area contributed by atoms with Crippen LogP contribution in [-0.4, -0.2) is 9.55 Å². The van der Waals surface area contributed by atoms with Crippen LogP contribution in [0.15, 0.2) is 59.0 Å². The van der Waals surface area contributed by atoms with Crippen molar-refractivity contribution in [3.63, 3.8) is 0 Å². The molecular formula is C21H13Cl2N3O. The number of hydrogen-bond acceptors (Lipinski definition) is 3.